The Labute approximate surface area is 123 Å². The van der Waals surface area contributed by atoms with Gasteiger partial charge in [0.05, 0.1) is 20.3 Å². The lowest BCUT2D eigenvalue weighted by atomic mass is 10.1. The lowest BCUT2D eigenvalue weighted by Crippen LogP contribution is -2.23. The van der Waals surface area contributed by atoms with E-state index in [9.17, 15) is 0 Å². The van der Waals surface area contributed by atoms with Crippen LogP contribution in [0.3, 0.4) is 0 Å². The van der Waals surface area contributed by atoms with Crippen LogP contribution in [0, 0.1) is 0 Å². The lowest BCUT2D eigenvalue weighted by Gasteiger charge is -2.18. The molecule has 0 aliphatic carbocycles. The van der Waals surface area contributed by atoms with Crippen molar-refractivity contribution in [1.29, 1.82) is 0 Å². The maximum absolute atomic E-state index is 5.38. The average Bonchev–Trinajstić information content (AvgIpc) is 3.01. The van der Waals surface area contributed by atoms with Gasteiger partial charge >= 0.3 is 0 Å². The minimum Gasteiger partial charge on any atom is -0.493 e. The molecule has 5 heteroatoms. The first kappa shape index (κ1) is 14.8. The fourth-order valence-corrected chi connectivity index (χ4v) is 2.78. The van der Waals surface area contributed by atoms with E-state index in [0.717, 1.165) is 35.0 Å². The van der Waals surface area contributed by atoms with Crippen molar-refractivity contribution < 1.29 is 9.47 Å². The molecule has 1 heterocycles. The van der Waals surface area contributed by atoms with Crippen molar-refractivity contribution >= 4 is 11.3 Å². The van der Waals surface area contributed by atoms with Gasteiger partial charge in [-0.15, -0.1) is 11.3 Å². The van der Waals surface area contributed by atoms with Crippen LogP contribution in [0.4, 0.5) is 0 Å². The van der Waals surface area contributed by atoms with Crippen molar-refractivity contribution in [2.75, 3.05) is 20.8 Å². The fraction of sp³-hybridized carbons (Fsp3) is 0.400. The predicted molar refractivity (Wildman–Crippen MR) is 81.8 cm³/mol. The molecule has 0 fully saturated rings. The monoisotopic (exact) mass is 292 g/mol. The number of aromatic nitrogens is 1. The molecule has 1 atom stereocenters. The molecule has 0 saturated carbocycles. The molecule has 0 aliphatic heterocycles. The van der Waals surface area contributed by atoms with Crippen LogP contribution in [-0.2, 0) is 0 Å². The summed E-state index contributed by atoms with van der Waals surface area (Å²) in [4.78, 5) is 4.43. The summed E-state index contributed by atoms with van der Waals surface area (Å²) in [5.74, 6) is 1.48. The van der Waals surface area contributed by atoms with E-state index in [2.05, 4.69) is 23.3 Å². The summed E-state index contributed by atoms with van der Waals surface area (Å²) < 4.78 is 10.7. The molecule has 0 bridgehead atoms. The second-order valence-corrected chi connectivity index (χ2v) is 5.30. The van der Waals surface area contributed by atoms with Crippen molar-refractivity contribution in [2.24, 2.45) is 0 Å². The van der Waals surface area contributed by atoms with Gasteiger partial charge in [-0.2, -0.15) is 0 Å². The van der Waals surface area contributed by atoms with Gasteiger partial charge < -0.3 is 14.8 Å². The van der Waals surface area contributed by atoms with Crippen LogP contribution in [0.2, 0.25) is 0 Å². The fourth-order valence-electron chi connectivity index (χ4n) is 2.05. The van der Waals surface area contributed by atoms with Crippen LogP contribution >= 0.6 is 11.3 Å². The summed E-state index contributed by atoms with van der Waals surface area (Å²) in [6, 6.07) is 6.08. The molecule has 0 aliphatic rings. The standard InChI is InChI=1S/C15H20N2O2S/c1-4-7-16-14(15-17-8-9-20-15)11-5-6-12(18-2)13(10-11)19-3/h5-6,8-10,14,16H,4,7H2,1-3H3. The maximum atomic E-state index is 5.38. The van der Waals surface area contributed by atoms with Gasteiger partial charge in [-0.1, -0.05) is 13.0 Å². The van der Waals surface area contributed by atoms with Gasteiger partial charge in [-0.3, -0.25) is 0 Å². The number of nitrogens with zero attached hydrogens (tertiary/aromatic N) is 1. The molecule has 0 radical (unpaired) electrons. The van der Waals surface area contributed by atoms with Gasteiger partial charge in [0.25, 0.3) is 0 Å². The number of rotatable bonds is 7. The third kappa shape index (κ3) is 3.29. The van der Waals surface area contributed by atoms with Crippen molar-refractivity contribution in [3.63, 3.8) is 0 Å². The topological polar surface area (TPSA) is 43.4 Å². The number of benzene rings is 1. The number of ether oxygens (including phenoxy) is 2. The van der Waals surface area contributed by atoms with Crippen molar-refractivity contribution in [3.05, 3.63) is 40.3 Å². The molecule has 1 N–H and O–H groups in total. The summed E-state index contributed by atoms with van der Waals surface area (Å²) in [6.07, 6.45) is 2.91. The van der Waals surface area contributed by atoms with E-state index in [0.29, 0.717) is 0 Å². The van der Waals surface area contributed by atoms with Gasteiger partial charge in [0.1, 0.15) is 5.01 Å². The highest BCUT2D eigenvalue weighted by Gasteiger charge is 2.17. The van der Waals surface area contributed by atoms with Gasteiger partial charge in [0.15, 0.2) is 11.5 Å². The van der Waals surface area contributed by atoms with Crippen LogP contribution < -0.4 is 14.8 Å². The van der Waals surface area contributed by atoms with E-state index in [1.54, 1.807) is 25.6 Å². The van der Waals surface area contributed by atoms with Gasteiger partial charge in [-0.25, -0.2) is 4.98 Å². The number of thiazole rings is 1. The molecule has 2 aromatic rings. The van der Waals surface area contributed by atoms with Crippen LogP contribution in [0.1, 0.15) is 30.0 Å². The third-order valence-corrected chi connectivity index (χ3v) is 3.88. The van der Waals surface area contributed by atoms with Crippen LogP contribution in [-0.4, -0.2) is 25.7 Å². The van der Waals surface area contributed by atoms with E-state index < -0.39 is 0 Å². The van der Waals surface area contributed by atoms with Gasteiger partial charge in [0, 0.05) is 11.6 Å². The summed E-state index contributed by atoms with van der Waals surface area (Å²) in [5.41, 5.74) is 1.13. The summed E-state index contributed by atoms with van der Waals surface area (Å²) in [5, 5.41) is 6.59. The van der Waals surface area contributed by atoms with Crippen molar-refractivity contribution in [2.45, 2.75) is 19.4 Å². The molecule has 0 saturated heterocycles. The largest absolute Gasteiger partial charge is 0.493 e. The predicted octanol–water partition coefficient (Wildman–Crippen LogP) is 3.25. The summed E-state index contributed by atoms with van der Waals surface area (Å²) in [6.45, 7) is 3.10. The van der Waals surface area contributed by atoms with Gasteiger partial charge in [0.2, 0.25) is 0 Å². The first-order valence-corrected chi connectivity index (χ1v) is 7.52. The Hall–Kier alpha value is -1.59. The van der Waals surface area contributed by atoms with E-state index in [4.69, 9.17) is 9.47 Å². The third-order valence-electron chi connectivity index (χ3n) is 3.04. The summed E-state index contributed by atoms with van der Waals surface area (Å²) >= 11 is 1.65. The Morgan fingerprint density at radius 3 is 2.65 bits per heavy atom. The Balaban J connectivity index is 2.33. The molecule has 2 rings (SSSR count). The molecule has 0 amide bonds. The molecule has 4 nitrogen and oxygen atoms in total. The second kappa shape index (κ2) is 7.26. The normalized spacial score (nSPS) is 12.2. The highest BCUT2D eigenvalue weighted by Crippen LogP contribution is 2.32. The minimum atomic E-state index is 0.0924. The van der Waals surface area contributed by atoms with Gasteiger partial charge in [-0.05, 0) is 30.7 Å². The molecule has 1 aromatic carbocycles. The highest BCUT2D eigenvalue weighted by molar-refractivity contribution is 7.09. The SMILES string of the molecule is CCCNC(c1ccc(OC)c(OC)c1)c1nccs1. The van der Waals surface area contributed by atoms with Crippen molar-refractivity contribution in [1.82, 2.24) is 10.3 Å². The molecule has 108 valence electrons. The number of nitrogens with one attached hydrogen (secondary N) is 1. The smallest absolute Gasteiger partial charge is 0.161 e. The van der Waals surface area contributed by atoms with Crippen LogP contribution in [0.25, 0.3) is 0 Å². The number of hydrogen-bond donors (Lipinski definition) is 1. The molecule has 1 aromatic heterocycles. The lowest BCUT2D eigenvalue weighted by molar-refractivity contribution is 0.354. The molecule has 0 spiro atoms. The van der Waals surface area contributed by atoms with E-state index >= 15 is 0 Å². The minimum absolute atomic E-state index is 0.0924. The first-order chi connectivity index (χ1) is 9.80. The Bertz CT molecular complexity index is 529. The maximum Gasteiger partial charge on any atom is 0.161 e. The summed E-state index contributed by atoms with van der Waals surface area (Å²) in [7, 11) is 3.30. The number of hydrogen-bond acceptors (Lipinski definition) is 5. The zero-order valence-electron chi connectivity index (χ0n) is 12.1. The van der Waals surface area contributed by atoms with Crippen LogP contribution in [0.15, 0.2) is 29.8 Å². The van der Waals surface area contributed by atoms with Crippen molar-refractivity contribution in [3.8, 4) is 11.5 Å². The Morgan fingerprint density at radius 2 is 2.05 bits per heavy atom. The van der Waals surface area contributed by atoms with Crippen LogP contribution in [0.5, 0.6) is 11.5 Å². The second-order valence-electron chi connectivity index (χ2n) is 4.37. The average molecular weight is 292 g/mol. The Kier molecular flexibility index (Phi) is 5.38. The zero-order valence-corrected chi connectivity index (χ0v) is 12.9. The highest BCUT2D eigenvalue weighted by atomic mass is 32.1. The molecular formula is C15H20N2O2S. The van der Waals surface area contributed by atoms with E-state index in [-0.39, 0.29) is 6.04 Å². The first-order valence-electron chi connectivity index (χ1n) is 6.64. The van der Waals surface area contributed by atoms with E-state index in [1.807, 2.05) is 23.7 Å². The molecular weight excluding hydrogens is 272 g/mol. The molecule has 20 heavy (non-hydrogen) atoms. The number of methoxy groups -OCH3 is 2. The van der Waals surface area contributed by atoms with E-state index in [1.165, 1.54) is 0 Å². The zero-order chi connectivity index (χ0) is 14.4. The Morgan fingerprint density at radius 1 is 1.25 bits per heavy atom. The quantitative estimate of drug-likeness (QED) is 0.850. The molecule has 1 unspecified atom stereocenters.